The first-order valence-corrected chi connectivity index (χ1v) is 8.42. The fraction of sp³-hybridized carbons (Fsp3) is 0.667. The maximum Gasteiger partial charge on any atom is 0.0366 e. The van der Waals surface area contributed by atoms with E-state index in [9.17, 15) is 0 Å². The molecule has 0 saturated carbocycles. The van der Waals surface area contributed by atoms with Crippen molar-refractivity contribution in [1.82, 2.24) is 10.2 Å². The van der Waals surface area contributed by atoms with Gasteiger partial charge in [0.25, 0.3) is 0 Å². The van der Waals surface area contributed by atoms with Crippen LogP contribution in [0, 0.1) is 0 Å². The molecule has 118 valence electrons. The van der Waals surface area contributed by atoms with Gasteiger partial charge >= 0.3 is 0 Å². The number of likely N-dealkylation sites (tertiary alicyclic amines) is 1. The van der Waals surface area contributed by atoms with Crippen molar-refractivity contribution in [2.75, 3.05) is 38.6 Å². The minimum Gasteiger partial charge on any atom is -0.372 e. The fourth-order valence-electron chi connectivity index (χ4n) is 3.38. The number of rotatable bonds is 6. The normalized spacial score (nSPS) is 18.7. The van der Waals surface area contributed by atoms with Crippen molar-refractivity contribution in [3.63, 3.8) is 0 Å². The second-order valence-electron chi connectivity index (χ2n) is 6.12. The molecule has 3 heteroatoms. The van der Waals surface area contributed by atoms with Gasteiger partial charge in [-0.15, -0.1) is 0 Å². The monoisotopic (exact) mass is 289 g/mol. The van der Waals surface area contributed by atoms with Gasteiger partial charge in [-0.2, -0.15) is 0 Å². The van der Waals surface area contributed by atoms with Crippen LogP contribution in [0.2, 0.25) is 0 Å². The summed E-state index contributed by atoms with van der Waals surface area (Å²) in [7, 11) is 4.28. The molecule has 0 radical (unpaired) electrons. The summed E-state index contributed by atoms with van der Waals surface area (Å²) < 4.78 is 0. The highest BCUT2D eigenvalue weighted by atomic mass is 15.2. The Bertz CT molecular complexity index is 403. The number of benzene rings is 1. The Morgan fingerprint density at radius 2 is 1.81 bits per heavy atom. The quantitative estimate of drug-likeness (QED) is 0.867. The van der Waals surface area contributed by atoms with Crippen LogP contribution in [-0.2, 0) is 0 Å². The number of piperidine rings is 1. The van der Waals surface area contributed by atoms with Crippen LogP contribution in [0.3, 0.4) is 0 Å². The Morgan fingerprint density at radius 3 is 2.29 bits per heavy atom. The topological polar surface area (TPSA) is 18.5 Å². The molecule has 2 rings (SSSR count). The molecule has 1 heterocycles. The molecular weight excluding hydrogens is 258 g/mol. The molecule has 0 bridgehead atoms. The summed E-state index contributed by atoms with van der Waals surface area (Å²) in [6.45, 7) is 8.15. The molecule has 0 spiro atoms. The number of hydrogen-bond acceptors (Lipinski definition) is 3. The van der Waals surface area contributed by atoms with Crippen molar-refractivity contribution in [2.24, 2.45) is 0 Å². The largest absolute Gasteiger partial charge is 0.372 e. The van der Waals surface area contributed by atoms with Gasteiger partial charge in [0, 0.05) is 37.9 Å². The molecule has 1 aromatic rings. The highest BCUT2D eigenvalue weighted by Gasteiger charge is 2.21. The van der Waals surface area contributed by atoms with Gasteiger partial charge in [0.2, 0.25) is 0 Å². The lowest BCUT2D eigenvalue weighted by molar-refractivity contribution is 0.221. The van der Waals surface area contributed by atoms with Gasteiger partial charge in [-0.05, 0) is 50.6 Å². The molecule has 1 aliphatic rings. The summed E-state index contributed by atoms with van der Waals surface area (Å²) in [4.78, 5) is 5.02. The first-order valence-electron chi connectivity index (χ1n) is 8.42. The van der Waals surface area contributed by atoms with Crippen molar-refractivity contribution in [1.29, 1.82) is 0 Å². The summed E-state index contributed by atoms with van der Waals surface area (Å²) in [5.74, 6) is 0. The fourth-order valence-corrected chi connectivity index (χ4v) is 3.38. The van der Waals surface area contributed by atoms with Crippen LogP contribution < -0.4 is 10.2 Å². The summed E-state index contributed by atoms with van der Waals surface area (Å²) in [6.07, 6.45) is 3.68. The molecule has 21 heavy (non-hydrogen) atoms. The lowest BCUT2D eigenvalue weighted by atomic mass is 10.0. The van der Waals surface area contributed by atoms with Crippen molar-refractivity contribution in [2.45, 2.75) is 45.2 Å². The van der Waals surface area contributed by atoms with Gasteiger partial charge in [-0.3, -0.25) is 0 Å². The Labute approximate surface area is 130 Å². The van der Waals surface area contributed by atoms with E-state index in [2.05, 4.69) is 60.3 Å². The van der Waals surface area contributed by atoms with Gasteiger partial charge in [0.1, 0.15) is 0 Å². The highest BCUT2D eigenvalue weighted by molar-refractivity contribution is 5.48. The van der Waals surface area contributed by atoms with Crippen LogP contribution in [0.25, 0.3) is 0 Å². The van der Waals surface area contributed by atoms with Crippen LogP contribution >= 0.6 is 0 Å². The maximum atomic E-state index is 3.37. The Morgan fingerprint density at radius 1 is 1.19 bits per heavy atom. The van der Waals surface area contributed by atoms with Crippen LogP contribution in [0.15, 0.2) is 24.3 Å². The van der Waals surface area contributed by atoms with Crippen LogP contribution in [0.4, 0.5) is 5.69 Å². The predicted octanol–water partition coefficient (Wildman–Crippen LogP) is 3.28. The third-order valence-electron chi connectivity index (χ3n) is 5.01. The Hall–Kier alpha value is -1.06. The molecular formula is C18H31N3. The van der Waals surface area contributed by atoms with Crippen LogP contribution in [-0.4, -0.2) is 44.7 Å². The molecule has 1 aliphatic heterocycles. The minimum atomic E-state index is 0.470. The molecule has 1 aromatic carbocycles. The van der Waals surface area contributed by atoms with E-state index in [1.165, 1.54) is 43.7 Å². The van der Waals surface area contributed by atoms with Gasteiger partial charge in [0.15, 0.2) is 0 Å². The van der Waals surface area contributed by atoms with E-state index in [-0.39, 0.29) is 0 Å². The SMILES string of the molecule is CCC(NC)c1ccc(N(C)C2CCN(CC)CC2)cc1. The molecule has 0 amide bonds. The number of hydrogen-bond donors (Lipinski definition) is 1. The molecule has 1 unspecified atom stereocenters. The van der Waals surface area contributed by atoms with Gasteiger partial charge in [-0.25, -0.2) is 0 Å². The minimum absolute atomic E-state index is 0.470. The number of nitrogens with zero attached hydrogens (tertiary/aromatic N) is 2. The summed E-state index contributed by atoms with van der Waals surface area (Å²) in [5, 5.41) is 3.37. The van der Waals surface area contributed by atoms with Crippen molar-refractivity contribution in [3.05, 3.63) is 29.8 Å². The highest BCUT2D eigenvalue weighted by Crippen LogP contribution is 2.24. The zero-order valence-corrected chi connectivity index (χ0v) is 14.1. The van der Waals surface area contributed by atoms with Crippen molar-refractivity contribution >= 4 is 5.69 Å². The number of nitrogens with one attached hydrogen (secondary N) is 1. The van der Waals surface area contributed by atoms with E-state index >= 15 is 0 Å². The van der Waals surface area contributed by atoms with E-state index in [1.807, 2.05) is 7.05 Å². The van der Waals surface area contributed by atoms with E-state index < -0.39 is 0 Å². The second kappa shape index (κ2) is 7.81. The average Bonchev–Trinajstić information content (AvgIpc) is 2.56. The standard InChI is InChI=1S/C18H31N3/c1-5-18(19-3)15-7-9-16(10-8-15)20(4)17-11-13-21(6-2)14-12-17/h7-10,17-19H,5-6,11-14H2,1-4H3. The van der Waals surface area contributed by atoms with Gasteiger partial charge in [-0.1, -0.05) is 26.0 Å². The Balaban J connectivity index is 1.98. The molecule has 3 nitrogen and oxygen atoms in total. The molecule has 0 aliphatic carbocycles. The van der Waals surface area contributed by atoms with Gasteiger partial charge in [0.05, 0.1) is 0 Å². The van der Waals surface area contributed by atoms with Crippen LogP contribution in [0.5, 0.6) is 0 Å². The van der Waals surface area contributed by atoms with E-state index in [1.54, 1.807) is 0 Å². The number of anilines is 1. The van der Waals surface area contributed by atoms with E-state index in [0.29, 0.717) is 12.1 Å². The summed E-state index contributed by atoms with van der Waals surface area (Å²) in [6, 6.07) is 10.3. The molecule has 1 fully saturated rings. The van der Waals surface area contributed by atoms with Crippen LogP contribution in [0.1, 0.15) is 44.7 Å². The third-order valence-corrected chi connectivity index (χ3v) is 5.01. The Kier molecular flexibility index (Phi) is 6.07. The molecule has 1 saturated heterocycles. The molecule has 1 N–H and O–H groups in total. The summed E-state index contributed by atoms with van der Waals surface area (Å²) >= 11 is 0. The zero-order valence-electron chi connectivity index (χ0n) is 14.1. The zero-order chi connectivity index (χ0) is 15.2. The summed E-state index contributed by atoms with van der Waals surface area (Å²) in [5.41, 5.74) is 2.73. The first-order chi connectivity index (χ1) is 10.2. The van der Waals surface area contributed by atoms with Crippen molar-refractivity contribution < 1.29 is 0 Å². The average molecular weight is 289 g/mol. The predicted molar refractivity (Wildman–Crippen MR) is 92.1 cm³/mol. The smallest absolute Gasteiger partial charge is 0.0366 e. The van der Waals surface area contributed by atoms with Gasteiger partial charge < -0.3 is 15.1 Å². The molecule has 0 aromatic heterocycles. The second-order valence-corrected chi connectivity index (χ2v) is 6.12. The van der Waals surface area contributed by atoms with Crippen molar-refractivity contribution in [3.8, 4) is 0 Å². The molecule has 1 atom stereocenters. The van der Waals surface area contributed by atoms with E-state index in [4.69, 9.17) is 0 Å². The third kappa shape index (κ3) is 3.98. The lowest BCUT2D eigenvalue weighted by Gasteiger charge is -2.37. The maximum absolute atomic E-state index is 3.37. The van der Waals surface area contributed by atoms with E-state index in [0.717, 1.165) is 6.42 Å². The lowest BCUT2D eigenvalue weighted by Crippen LogP contribution is -2.43. The first kappa shape index (κ1) is 16.3.